The van der Waals surface area contributed by atoms with Gasteiger partial charge in [0.1, 0.15) is 11.2 Å². The van der Waals surface area contributed by atoms with Crippen LogP contribution in [0.2, 0.25) is 5.15 Å². The molecule has 26 heavy (non-hydrogen) atoms. The summed E-state index contributed by atoms with van der Waals surface area (Å²) in [6.45, 7) is 2.32. The highest BCUT2D eigenvalue weighted by atomic mass is 35.5. The van der Waals surface area contributed by atoms with Gasteiger partial charge in [0.25, 0.3) is 0 Å². The third-order valence-corrected chi connectivity index (χ3v) is 4.62. The van der Waals surface area contributed by atoms with Gasteiger partial charge in [-0.3, -0.25) is 0 Å². The number of aromatic nitrogens is 1. The van der Waals surface area contributed by atoms with E-state index in [0.717, 1.165) is 11.1 Å². The molecular formula is C19H18ClN3O2S. The minimum atomic E-state index is -0.632. The highest BCUT2D eigenvalue weighted by Crippen LogP contribution is 2.23. The van der Waals surface area contributed by atoms with Gasteiger partial charge in [-0.2, -0.15) is 5.26 Å². The van der Waals surface area contributed by atoms with Gasteiger partial charge in [0.05, 0.1) is 11.6 Å². The van der Waals surface area contributed by atoms with Crippen molar-refractivity contribution in [1.82, 2.24) is 10.3 Å². The molecule has 0 saturated heterocycles. The molecule has 0 aliphatic rings. The predicted molar refractivity (Wildman–Crippen MR) is 103 cm³/mol. The number of nitrogens with one attached hydrogen (secondary N) is 1. The number of carbonyl (C=O) groups is 1. The zero-order valence-corrected chi connectivity index (χ0v) is 15.8. The number of esters is 1. The van der Waals surface area contributed by atoms with Crippen molar-refractivity contribution in [3.63, 3.8) is 0 Å². The van der Waals surface area contributed by atoms with Crippen molar-refractivity contribution in [1.29, 1.82) is 5.26 Å². The fourth-order valence-corrected chi connectivity index (χ4v) is 3.09. The summed E-state index contributed by atoms with van der Waals surface area (Å²) in [6, 6.07) is 15.3. The molecule has 1 aromatic carbocycles. The number of nitriles is 1. The molecule has 2 rings (SSSR count). The molecule has 0 amide bonds. The molecule has 5 nitrogen and oxygen atoms in total. The summed E-state index contributed by atoms with van der Waals surface area (Å²) in [5, 5.41) is 13.5. The van der Waals surface area contributed by atoms with Crippen LogP contribution in [0.25, 0.3) is 0 Å². The molecule has 0 fully saturated rings. The zero-order chi connectivity index (χ0) is 18.8. The maximum absolute atomic E-state index is 12.1. The molecule has 0 aliphatic carbocycles. The molecule has 0 spiro atoms. The van der Waals surface area contributed by atoms with Crippen molar-refractivity contribution in [2.45, 2.75) is 19.2 Å². The Labute approximate surface area is 162 Å². The normalized spacial score (nSPS) is 11.3. The SMILES string of the molecule is CCOC(=O)/C(C#N)=C(\NCc1ccc(Cl)nc1)SCc1ccccc1. The van der Waals surface area contributed by atoms with Crippen LogP contribution >= 0.6 is 23.4 Å². The molecule has 0 radical (unpaired) electrons. The first-order valence-electron chi connectivity index (χ1n) is 7.96. The van der Waals surface area contributed by atoms with Crippen LogP contribution in [0.3, 0.4) is 0 Å². The number of carbonyl (C=O) groups excluding carboxylic acids is 1. The van der Waals surface area contributed by atoms with Crippen molar-refractivity contribution in [2.24, 2.45) is 0 Å². The summed E-state index contributed by atoms with van der Waals surface area (Å²) >= 11 is 7.17. The van der Waals surface area contributed by atoms with E-state index in [2.05, 4.69) is 10.3 Å². The van der Waals surface area contributed by atoms with Crippen molar-refractivity contribution >= 4 is 29.3 Å². The molecule has 7 heteroatoms. The molecule has 1 N–H and O–H groups in total. The summed E-state index contributed by atoms with van der Waals surface area (Å²) < 4.78 is 4.99. The first kappa shape index (κ1) is 19.8. The number of ether oxygens (including phenoxy) is 1. The molecule has 0 aliphatic heterocycles. The second kappa shape index (κ2) is 10.5. The van der Waals surface area contributed by atoms with Gasteiger partial charge in [-0.15, -0.1) is 11.8 Å². The molecular weight excluding hydrogens is 370 g/mol. The summed E-state index contributed by atoms with van der Waals surface area (Å²) in [6.07, 6.45) is 1.64. The van der Waals surface area contributed by atoms with Crippen molar-refractivity contribution < 1.29 is 9.53 Å². The van der Waals surface area contributed by atoms with Gasteiger partial charge in [-0.25, -0.2) is 9.78 Å². The summed E-state index contributed by atoms with van der Waals surface area (Å²) in [7, 11) is 0. The molecule has 2 aromatic rings. The average molecular weight is 388 g/mol. The second-order valence-corrected chi connectivity index (χ2v) is 6.53. The fraction of sp³-hybridized carbons (Fsp3) is 0.211. The van der Waals surface area contributed by atoms with E-state index in [-0.39, 0.29) is 12.2 Å². The Balaban J connectivity index is 2.17. The topological polar surface area (TPSA) is 75.0 Å². The summed E-state index contributed by atoms with van der Waals surface area (Å²) in [5.41, 5.74) is 1.94. The van der Waals surface area contributed by atoms with Crippen LogP contribution in [0.15, 0.2) is 59.3 Å². The van der Waals surface area contributed by atoms with Crippen LogP contribution in [0.5, 0.6) is 0 Å². The lowest BCUT2D eigenvalue weighted by Crippen LogP contribution is -2.18. The average Bonchev–Trinajstić information content (AvgIpc) is 2.66. The van der Waals surface area contributed by atoms with Crippen molar-refractivity contribution in [3.8, 4) is 6.07 Å². The van der Waals surface area contributed by atoms with Crippen LogP contribution in [-0.2, 0) is 21.8 Å². The van der Waals surface area contributed by atoms with E-state index in [1.807, 2.05) is 42.5 Å². The zero-order valence-electron chi connectivity index (χ0n) is 14.2. The number of hydrogen-bond acceptors (Lipinski definition) is 6. The molecule has 0 unspecified atom stereocenters. The Hall–Kier alpha value is -2.49. The van der Waals surface area contributed by atoms with Gasteiger partial charge in [0.2, 0.25) is 0 Å². The number of pyridine rings is 1. The van der Waals surface area contributed by atoms with E-state index in [9.17, 15) is 10.1 Å². The number of rotatable bonds is 8. The van der Waals surface area contributed by atoms with E-state index in [4.69, 9.17) is 16.3 Å². The molecule has 0 bridgehead atoms. The Morgan fingerprint density at radius 3 is 2.65 bits per heavy atom. The van der Waals surface area contributed by atoms with Gasteiger partial charge in [-0.1, -0.05) is 48.0 Å². The first-order chi connectivity index (χ1) is 12.6. The van der Waals surface area contributed by atoms with Gasteiger partial charge in [-0.05, 0) is 24.1 Å². The number of nitrogens with zero attached hydrogens (tertiary/aromatic N) is 2. The minimum Gasteiger partial charge on any atom is -0.462 e. The van der Waals surface area contributed by atoms with E-state index in [0.29, 0.717) is 22.5 Å². The van der Waals surface area contributed by atoms with Crippen LogP contribution in [0, 0.1) is 11.3 Å². The first-order valence-corrected chi connectivity index (χ1v) is 9.33. The molecule has 1 heterocycles. The van der Waals surface area contributed by atoms with Gasteiger partial charge < -0.3 is 10.1 Å². The lowest BCUT2D eigenvalue weighted by Gasteiger charge is -2.13. The minimum absolute atomic E-state index is 0.0327. The third-order valence-electron chi connectivity index (χ3n) is 3.29. The maximum atomic E-state index is 12.1. The lowest BCUT2D eigenvalue weighted by atomic mass is 10.2. The van der Waals surface area contributed by atoms with Gasteiger partial charge in [0.15, 0.2) is 5.57 Å². The van der Waals surface area contributed by atoms with Crippen LogP contribution < -0.4 is 5.32 Å². The van der Waals surface area contributed by atoms with Crippen molar-refractivity contribution in [2.75, 3.05) is 6.61 Å². The Morgan fingerprint density at radius 2 is 2.04 bits per heavy atom. The quantitative estimate of drug-likeness (QED) is 0.318. The molecule has 134 valence electrons. The Morgan fingerprint density at radius 1 is 1.27 bits per heavy atom. The third kappa shape index (κ3) is 6.10. The molecule has 0 atom stereocenters. The van der Waals surface area contributed by atoms with E-state index >= 15 is 0 Å². The van der Waals surface area contributed by atoms with Gasteiger partial charge >= 0.3 is 5.97 Å². The fourth-order valence-electron chi connectivity index (χ4n) is 2.03. The monoisotopic (exact) mass is 387 g/mol. The summed E-state index contributed by atoms with van der Waals surface area (Å²) in [5.74, 6) is -0.0145. The second-order valence-electron chi connectivity index (χ2n) is 5.15. The number of thioether (sulfide) groups is 1. The molecule has 1 aromatic heterocycles. The van der Waals surface area contributed by atoms with Crippen LogP contribution in [-0.4, -0.2) is 17.6 Å². The molecule has 0 saturated carbocycles. The summed E-state index contributed by atoms with van der Waals surface area (Å²) in [4.78, 5) is 16.1. The van der Waals surface area contributed by atoms with E-state index < -0.39 is 5.97 Å². The van der Waals surface area contributed by atoms with Crippen LogP contribution in [0.1, 0.15) is 18.1 Å². The van der Waals surface area contributed by atoms with E-state index in [1.54, 1.807) is 19.2 Å². The highest BCUT2D eigenvalue weighted by molar-refractivity contribution is 8.02. The van der Waals surface area contributed by atoms with E-state index in [1.165, 1.54) is 11.8 Å². The van der Waals surface area contributed by atoms with Crippen LogP contribution in [0.4, 0.5) is 0 Å². The smallest absolute Gasteiger partial charge is 0.351 e. The lowest BCUT2D eigenvalue weighted by molar-refractivity contribution is -0.138. The number of hydrogen-bond donors (Lipinski definition) is 1. The standard InChI is InChI=1S/C19H18ClN3O2S/c1-2-25-19(24)16(10-21)18(26-13-14-6-4-3-5-7-14)23-12-15-8-9-17(20)22-11-15/h3-9,11,23H,2,12-13H2,1H3/b18-16+. The number of halogens is 1. The van der Waals surface area contributed by atoms with Crippen molar-refractivity contribution in [3.05, 3.63) is 75.5 Å². The maximum Gasteiger partial charge on any atom is 0.351 e. The number of benzene rings is 1. The largest absolute Gasteiger partial charge is 0.462 e. The Kier molecular flexibility index (Phi) is 8.00. The predicted octanol–water partition coefficient (Wildman–Crippen LogP) is 4.06. The van der Waals surface area contributed by atoms with Gasteiger partial charge in [0, 0.05) is 18.5 Å². The highest BCUT2D eigenvalue weighted by Gasteiger charge is 2.17. The Bertz CT molecular complexity index is 802.